The first-order valence-electron chi connectivity index (χ1n) is 19.8. The first kappa shape index (κ1) is 32.8. The second kappa shape index (κ2) is 11.9. The van der Waals surface area contributed by atoms with E-state index in [9.17, 15) is 0 Å². The van der Waals surface area contributed by atoms with Crippen molar-refractivity contribution in [3.63, 3.8) is 0 Å². The van der Waals surface area contributed by atoms with Crippen LogP contribution >= 0.6 is 0 Å². The van der Waals surface area contributed by atoms with Gasteiger partial charge in [-0.05, 0) is 98.6 Å². The lowest BCUT2D eigenvalue weighted by molar-refractivity contribution is 0.660. The van der Waals surface area contributed by atoms with Crippen LogP contribution in [0, 0.1) is 0 Å². The highest BCUT2D eigenvalue weighted by Crippen LogP contribution is 2.55. The smallest absolute Gasteiger partial charge is 0.0561 e. The molecule has 0 atom stereocenters. The van der Waals surface area contributed by atoms with Gasteiger partial charge in [0.25, 0.3) is 0 Å². The molecule has 0 fully saturated rings. The van der Waals surface area contributed by atoms with Crippen LogP contribution in [-0.2, 0) is 10.8 Å². The van der Waals surface area contributed by atoms with Crippen LogP contribution in [0.25, 0.3) is 60.9 Å². The van der Waals surface area contributed by atoms with E-state index in [1.54, 1.807) is 0 Å². The van der Waals surface area contributed by atoms with Crippen molar-refractivity contribution in [1.29, 1.82) is 0 Å². The van der Waals surface area contributed by atoms with Crippen molar-refractivity contribution in [3.8, 4) is 39.1 Å². The highest BCUT2D eigenvalue weighted by atomic mass is 15.1. The lowest BCUT2D eigenvalue weighted by Gasteiger charge is -2.30. The quantitative estimate of drug-likeness (QED) is 0.172. The van der Waals surface area contributed by atoms with Gasteiger partial charge in [-0.15, -0.1) is 0 Å². The van der Waals surface area contributed by atoms with Crippen LogP contribution in [0.2, 0.25) is 0 Å². The van der Waals surface area contributed by atoms with E-state index in [1.165, 1.54) is 77.4 Å². The third-order valence-electron chi connectivity index (χ3n) is 12.8. The van der Waals surface area contributed by atoms with Gasteiger partial charge in [0.1, 0.15) is 0 Å². The molecule has 1 heterocycles. The zero-order chi connectivity index (χ0) is 37.8. The van der Waals surface area contributed by atoms with Crippen LogP contribution in [0.5, 0.6) is 0 Å². The molecule has 2 aliphatic rings. The number of rotatable bonds is 5. The van der Waals surface area contributed by atoms with E-state index in [2.05, 4.69) is 219 Å². The summed E-state index contributed by atoms with van der Waals surface area (Å²) in [5.41, 5.74) is 20.0. The van der Waals surface area contributed by atoms with E-state index in [4.69, 9.17) is 0 Å². The Labute approximate surface area is 328 Å². The molecule has 0 spiro atoms. The molecule has 1 aromatic heterocycles. The van der Waals surface area contributed by atoms with Gasteiger partial charge in [-0.2, -0.15) is 0 Å². The molecule has 0 unspecified atom stereocenters. The first-order valence-corrected chi connectivity index (χ1v) is 19.8. The molecule has 2 nitrogen and oxygen atoms in total. The summed E-state index contributed by atoms with van der Waals surface area (Å²) in [5.74, 6) is 0. The van der Waals surface area contributed by atoms with Crippen LogP contribution in [-0.4, -0.2) is 4.57 Å². The SMILES string of the molecule is CC1(C)c2ccccc2-c2ccc(N(c3ccc4c5ccccc5n(-c5ccccc5)c4c3)c3ccccc3-c3cccc4c3-c3ccccc3C4(C)C)cc21. The number of hydrogen-bond acceptors (Lipinski definition) is 1. The van der Waals surface area contributed by atoms with Crippen molar-refractivity contribution in [2.45, 2.75) is 38.5 Å². The molecule has 0 aliphatic heterocycles. The Bertz CT molecular complexity index is 3030. The molecule has 0 saturated heterocycles. The third-order valence-corrected chi connectivity index (χ3v) is 12.8. The van der Waals surface area contributed by atoms with Gasteiger partial charge in [-0.1, -0.05) is 161 Å². The summed E-state index contributed by atoms with van der Waals surface area (Å²) < 4.78 is 2.42. The number of para-hydroxylation sites is 3. The Hall–Kier alpha value is -6.64. The minimum Gasteiger partial charge on any atom is -0.310 e. The highest BCUT2D eigenvalue weighted by Gasteiger charge is 2.38. The molecular formula is C54H42N2. The summed E-state index contributed by atoms with van der Waals surface area (Å²) in [6, 6.07) is 67.6. The Morgan fingerprint density at radius 3 is 1.75 bits per heavy atom. The maximum absolute atomic E-state index is 2.51. The van der Waals surface area contributed by atoms with Crippen molar-refractivity contribution in [3.05, 3.63) is 204 Å². The van der Waals surface area contributed by atoms with E-state index >= 15 is 0 Å². The number of benzene rings is 8. The molecule has 0 saturated carbocycles. The van der Waals surface area contributed by atoms with Gasteiger partial charge in [0.15, 0.2) is 0 Å². The predicted molar refractivity (Wildman–Crippen MR) is 236 cm³/mol. The summed E-state index contributed by atoms with van der Waals surface area (Å²) in [7, 11) is 0. The van der Waals surface area contributed by atoms with Gasteiger partial charge in [0, 0.05) is 44.2 Å². The average molecular weight is 719 g/mol. The molecule has 56 heavy (non-hydrogen) atoms. The van der Waals surface area contributed by atoms with Gasteiger partial charge in [-0.3, -0.25) is 0 Å². The number of hydrogen-bond donors (Lipinski definition) is 0. The monoisotopic (exact) mass is 718 g/mol. The van der Waals surface area contributed by atoms with Gasteiger partial charge < -0.3 is 9.47 Å². The first-order chi connectivity index (χ1) is 27.3. The van der Waals surface area contributed by atoms with Crippen molar-refractivity contribution in [2.24, 2.45) is 0 Å². The largest absolute Gasteiger partial charge is 0.310 e. The van der Waals surface area contributed by atoms with Crippen LogP contribution in [0.1, 0.15) is 49.9 Å². The molecule has 0 N–H and O–H groups in total. The fourth-order valence-electron chi connectivity index (χ4n) is 10.1. The highest BCUT2D eigenvalue weighted by molar-refractivity contribution is 6.11. The third kappa shape index (κ3) is 4.56. The maximum atomic E-state index is 2.51. The van der Waals surface area contributed by atoms with E-state index in [1.807, 2.05) is 0 Å². The molecule has 2 heteroatoms. The Kier molecular flexibility index (Phi) is 6.98. The maximum Gasteiger partial charge on any atom is 0.0561 e. The Morgan fingerprint density at radius 2 is 0.929 bits per heavy atom. The van der Waals surface area contributed by atoms with Crippen molar-refractivity contribution in [1.82, 2.24) is 4.57 Å². The minimum atomic E-state index is -0.133. The predicted octanol–water partition coefficient (Wildman–Crippen LogP) is 14.5. The molecule has 0 radical (unpaired) electrons. The standard InChI is InChI=1S/C54H42N2/c1-53(2)46-25-13-9-22-44(46)52-43(23-16-26-47(52)53)41-21-11-14-27-49(41)55(36-29-31-39-38-19-8-12-24-45(38)54(3,4)48(39)33-36)37-30-32-42-40-20-10-15-28-50(40)56(51(42)34-37)35-17-6-5-7-18-35/h5-34H,1-4H3. The van der Waals surface area contributed by atoms with Crippen molar-refractivity contribution in [2.75, 3.05) is 4.90 Å². The molecular weight excluding hydrogens is 677 g/mol. The molecule has 0 amide bonds. The van der Waals surface area contributed by atoms with Crippen molar-refractivity contribution >= 4 is 38.9 Å². The van der Waals surface area contributed by atoms with Gasteiger partial charge >= 0.3 is 0 Å². The van der Waals surface area contributed by atoms with Crippen LogP contribution < -0.4 is 4.90 Å². The normalized spacial score (nSPS) is 14.4. The molecule has 2 aliphatic carbocycles. The topological polar surface area (TPSA) is 8.17 Å². The lowest BCUT2D eigenvalue weighted by atomic mass is 9.82. The van der Waals surface area contributed by atoms with Gasteiger partial charge in [-0.25, -0.2) is 0 Å². The van der Waals surface area contributed by atoms with E-state index in [0.717, 1.165) is 22.7 Å². The second-order valence-electron chi connectivity index (χ2n) is 16.5. The fraction of sp³-hybridized carbons (Fsp3) is 0.111. The summed E-state index contributed by atoms with van der Waals surface area (Å²) in [5, 5.41) is 2.50. The molecule has 8 aromatic carbocycles. The van der Waals surface area contributed by atoms with Crippen LogP contribution in [0.4, 0.5) is 17.1 Å². The minimum absolute atomic E-state index is 0.0903. The number of aromatic nitrogens is 1. The Balaban J connectivity index is 1.19. The molecule has 9 aromatic rings. The van der Waals surface area contributed by atoms with Crippen LogP contribution in [0.3, 0.4) is 0 Å². The van der Waals surface area contributed by atoms with E-state index in [-0.39, 0.29) is 10.8 Å². The lowest BCUT2D eigenvalue weighted by Crippen LogP contribution is -2.17. The number of nitrogens with zero attached hydrogens (tertiary/aromatic N) is 2. The average Bonchev–Trinajstić information content (AvgIpc) is 3.78. The van der Waals surface area contributed by atoms with E-state index in [0.29, 0.717) is 0 Å². The van der Waals surface area contributed by atoms with Gasteiger partial charge in [0.05, 0.1) is 16.7 Å². The summed E-state index contributed by atoms with van der Waals surface area (Å²) in [6.45, 7) is 9.48. The summed E-state index contributed by atoms with van der Waals surface area (Å²) in [6.07, 6.45) is 0. The molecule has 268 valence electrons. The second-order valence-corrected chi connectivity index (χ2v) is 16.5. The molecule has 11 rings (SSSR count). The van der Waals surface area contributed by atoms with Crippen LogP contribution in [0.15, 0.2) is 182 Å². The number of fused-ring (bicyclic) bond motifs is 9. The fourth-order valence-corrected chi connectivity index (χ4v) is 10.1. The van der Waals surface area contributed by atoms with Gasteiger partial charge in [0.2, 0.25) is 0 Å². The zero-order valence-electron chi connectivity index (χ0n) is 32.2. The summed E-state index contributed by atoms with van der Waals surface area (Å²) in [4.78, 5) is 2.51. The van der Waals surface area contributed by atoms with E-state index < -0.39 is 0 Å². The Morgan fingerprint density at radius 1 is 0.375 bits per heavy atom. The van der Waals surface area contributed by atoms with Crippen molar-refractivity contribution < 1.29 is 0 Å². The number of anilines is 3. The zero-order valence-corrected chi connectivity index (χ0v) is 32.2. The molecule has 0 bridgehead atoms. The summed E-state index contributed by atoms with van der Waals surface area (Å²) >= 11 is 0.